The molecule has 0 saturated carbocycles. The molecule has 1 aromatic heterocycles. The molecule has 0 aliphatic carbocycles. The van der Waals surface area contributed by atoms with E-state index in [0.717, 1.165) is 41.6 Å². The molecule has 12 nitrogen and oxygen atoms in total. The molecule has 0 bridgehead atoms. The van der Waals surface area contributed by atoms with Gasteiger partial charge in [-0.25, -0.2) is 9.48 Å². The second-order valence-corrected chi connectivity index (χ2v) is 10.4. The Morgan fingerprint density at radius 3 is 2.50 bits per heavy atom. The fraction of sp³-hybridized carbons (Fsp3) is 0.469. The molecule has 1 aliphatic rings. The zero-order valence-corrected chi connectivity index (χ0v) is 25.5. The maximum Gasteiger partial charge on any atom is 0.407 e. The van der Waals surface area contributed by atoms with Crippen LogP contribution in [0.25, 0.3) is 22.5 Å². The number of ether oxygens (including phenoxy) is 3. The Kier molecular flexibility index (Phi) is 12.7. The first-order chi connectivity index (χ1) is 21.5. The smallest absolute Gasteiger partial charge is 0.407 e. The number of unbranched alkanes of at least 4 members (excludes halogenated alkanes) is 2. The summed E-state index contributed by atoms with van der Waals surface area (Å²) in [5.41, 5.74) is 4.65. The SMILES string of the molecule is CCCCCNC(=O)OCCn1nnc2c1-c1ccccc1CN(C(=O)CCC(=O)NCCOCCOC)c1ccccc1-2. The third-order valence-corrected chi connectivity index (χ3v) is 7.24. The van der Waals surface area contributed by atoms with Crippen LogP contribution in [-0.2, 0) is 36.9 Å². The summed E-state index contributed by atoms with van der Waals surface area (Å²) in [5.74, 6) is -0.385. The first kappa shape index (κ1) is 32.6. The Morgan fingerprint density at radius 2 is 1.68 bits per heavy atom. The third kappa shape index (κ3) is 8.87. The van der Waals surface area contributed by atoms with Gasteiger partial charge in [0.15, 0.2) is 0 Å². The number of para-hydroxylation sites is 1. The lowest BCUT2D eigenvalue weighted by atomic mass is 9.95. The molecular weight excluding hydrogens is 564 g/mol. The van der Waals surface area contributed by atoms with Gasteiger partial charge < -0.3 is 29.7 Å². The number of anilines is 1. The van der Waals surface area contributed by atoms with Crippen molar-refractivity contribution in [3.05, 3.63) is 54.1 Å². The Morgan fingerprint density at radius 1 is 0.886 bits per heavy atom. The first-order valence-electron chi connectivity index (χ1n) is 15.2. The Hall–Kier alpha value is -4.29. The van der Waals surface area contributed by atoms with Crippen molar-refractivity contribution in [2.45, 2.75) is 52.1 Å². The zero-order valence-electron chi connectivity index (χ0n) is 25.5. The summed E-state index contributed by atoms with van der Waals surface area (Å²) in [6.45, 7) is 5.14. The fourth-order valence-electron chi connectivity index (χ4n) is 4.99. The van der Waals surface area contributed by atoms with E-state index in [1.54, 1.807) is 16.7 Å². The van der Waals surface area contributed by atoms with Crippen molar-refractivity contribution in [3.63, 3.8) is 0 Å². The summed E-state index contributed by atoms with van der Waals surface area (Å²) in [7, 11) is 1.60. The van der Waals surface area contributed by atoms with E-state index < -0.39 is 6.09 Å². The number of rotatable bonds is 16. The monoisotopic (exact) mass is 606 g/mol. The average molecular weight is 607 g/mol. The number of nitrogens with zero attached hydrogens (tertiary/aromatic N) is 4. The van der Waals surface area contributed by atoms with Crippen LogP contribution in [0.15, 0.2) is 48.5 Å². The molecular formula is C32H42N6O6. The third-order valence-electron chi connectivity index (χ3n) is 7.24. The minimum Gasteiger partial charge on any atom is -0.448 e. The highest BCUT2D eigenvalue weighted by Gasteiger charge is 2.29. The molecule has 0 spiro atoms. The second-order valence-electron chi connectivity index (χ2n) is 10.4. The fourth-order valence-corrected chi connectivity index (χ4v) is 4.99. The minimum atomic E-state index is -0.451. The van der Waals surface area contributed by atoms with Crippen LogP contribution in [0.2, 0.25) is 0 Å². The van der Waals surface area contributed by atoms with Gasteiger partial charge in [0.25, 0.3) is 0 Å². The predicted molar refractivity (Wildman–Crippen MR) is 166 cm³/mol. The van der Waals surface area contributed by atoms with Crippen LogP contribution >= 0.6 is 0 Å². The van der Waals surface area contributed by atoms with Crippen molar-refractivity contribution in [3.8, 4) is 22.5 Å². The number of alkyl carbamates (subject to hydrolysis) is 1. The van der Waals surface area contributed by atoms with Gasteiger partial charge in [0.2, 0.25) is 11.8 Å². The molecule has 1 aliphatic heterocycles. The normalized spacial score (nSPS) is 11.9. The van der Waals surface area contributed by atoms with Crippen molar-refractivity contribution >= 4 is 23.6 Å². The van der Waals surface area contributed by atoms with Gasteiger partial charge in [-0.2, -0.15) is 0 Å². The standard InChI is InChI=1S/C32H42N6O6/c1-3-4-9-16-34-32(41)44-20-18-38-31-25-11-6-5-10-24(25)23-37(27-13-8-7-12-26(27)30(31)35-36-38)29(40)15-14-28(39)33-17-19-43-22-21-42-2/h5-8,10-13H,3-4,9,14-23H2,1-2H3,(H,33,39)(H,34,41). The molecule has 3 aromatic rings. The molecule has 44 heavy (non-hydrogen) atoms. The number of benzene rings is 2. The van der Waals surface area contributed by atoms with Crippen molar-refractivity contribution in [2.75, 3.05) is 51.5 Å². The summed E-state index contributed by atoms with van der Waals surface area (Å²) in [6.07, 6.45) is 2.70. The Bertz CT molecular complexity index is 1390. The largest absolute Gasteiger partial charge is 0.448 e. The number of aromatic nitrogens is 3. The molecule has 0 saturated heterocycles. The maximum absolute atomic E-state index is 13.6. The van der Waals surface area contributed by atoms with Gasteiger partial charge in [0.1, 0.15) is 12.3 Å². The van der Waals surface area contributed by atoms with Crippen LogP contribution in [0, 0.1) is 0 Å². The van der Waals surface area contributed by atoms with E-state index >= 15 is 0 Å². The van der Waals surface area contributed by atoms with Gasteiger partial charge in [-0.05, 0) is 18.1 Å². The van der Waals surface area contributed by atoms with E-state index in [1.807, 2.05) is 48.5 Å². The van der Waals surface area contributed by atoms with Gasteiger partial charge in [-0.15, -0.1) is 5.10 Å². The highest BCUT2D eigenvalue weighted by atomic mass is 16.5. The van der Waals surface area contributed by atoms with E-state index in [-0.39, 0.29) is 31.3 Å². The van der Waals surface area contributed by atoms with Crippen molar-refractivity contribution in [1.82, 2.24) is 25.6 Å². The summed E-state index contributed by atoms with van der Waals surface area (Å²) < 4.78 is 17.5. The molecule has 2 heterocycles. The van der Waals surface area contributed by atoms with Crippen LogP contribution < -0.4 is 15.5 Å². The van der Waals surface area contributed by atoms with Gasteiger partial charge in [-0.3, -0.25) is 9.59 Å². The van der Waals surface area contributed by atoms with E-state index in [4.69, 9.17) is 14.2 Å². The van der Waals surface area contributed by atoms with Gasteiger partial charge >= 0.3 is 6.09 Å². The number of methoxy groups -OCH3 is 1. The van der Waals surface area contributed by atoms with Gasteiger partial charge in [0, 0.05) is 44.2 Å². The maximum atomic E-state index is 13.6. The lowest BCUT2D eigenvalue weighted by Crippen LogP contribution is -2.34. The summed E-state index contributed by atoms with van der Waals surface area (Å²) >= 11 is 0. The minimum absolute atomic E-state index is 0.0459. The molecule has 0 fully saturated rings. The molecule has 0 atom stereocenters. The van der Waals surface area contributed by atoms with Crippen molar-refractivity contribution in [1.29, 1.82) is 0 Å². The molecule has 3 amide bonds. The number of hydrogen-bond donors (Lipinski definition) is 2. The molecule has 4 rings (SSSR count). The van der Waals surface area contributed by atoms with Crippen LogP contribution in [0.5, 0.6) is 0 Å². The highest BCUT2D eigenvalue weighted by Crippen LogP contribution is 2.41. The molecule has 0 radical (unpaired) electrons. The average Bonchev–Trinajstić information content (AvgIpc) is 3.44. The van der Waals surface area contributed by atoms with Crippen molar-refractivity contribution < 1.29 is 28.6 Å². The molecule has 12 heteroatoms. The predicted octanol–water partition coefficient (Wildman–Crippen LogP) is 3.93. The molecule has 236 valence electrons. The highest BCUT2D eigenvalue weighted by molar-refractivity contribution is 6.01. The molecule has 0 unspecified atom stereocenters. The molecule has 2 aromatic carbocycles. The lowest BCUT2D eigenvalue weighted by molar-refractivity contribution is -0.125. The summed E-state index contributed by atoms with van der Waals surface area (Å²) in [6, 6.07) is 15.4. The summed E-state index contributed by atoms with van der Waals surface area (Å²) in [4.78, 5) is 39.9. The van der Waals surface area contributed by atoms with E-state index in [1.165, 1.54) is 0 Å². The van der Waals surface area contributed by atoms with Gasteiger partial charge in [0.05, 0.1) is 44.3 Å². The van der Waals surface area contributed by atoms with Crippen LogP contribution in [-0.4, -0.2) is 79.5 Å². The first-order valence-corrected chi connectivity index (χ1v) is 15.2. The second kappa shape index (κ2) is 17.1. The number of carbonyl (C=O) groups is 3. The van der Waals surface area contributed by atoms with E-state index in [9.17, 15) is 14.4 Å². The van der Waals surface area contributed by atoms with E-state index in [0.29, 0.717) is 57.4 Å². The summed E-state index contributed by atoms with van der Waals surface area (Å²) in [5, 5.41) is 14.5. The number of amides is 3. The van der Waals surface area contributed by atoms with Gasteiger partial charge in [-0.1, -0.05) is 67.4 Å². The van der Waals surface area contributed by atoms with Crippen molar-refractivity contribution in [2.24, 2.45) is 0 Å². The number of carbonyl (C=O) groups excluding carboxylic acids is 3. The Balaban J connectivity index is 1.48. The number of hydrogen-bond acceptors (Lipinski definition) is 8. The van der Waals surface area contributed by atoms with E-state index in [2.05, 4.69) is 27.9 Å². The van der Waals surface area contributed by atoms with Crippen LogP contribution in [0.4, 0.5) is 10.5 Å². The lowest BCUT2D eigenvalue weighted by Gasteiger charge is -2.28. The van der Waals surface area contributed by atoms with Crippen LogP contribution in [0.3, 0.4) is 0 Å². The Labute approximate surface area is 258 Å². The topological polar surface area (TPSA) is 137 Å². The van der Waals surface area contributed by atoms with Crippen LogP contribution in [0.1, 0.15) is 44.6 Å². The quantitative estimate of drug-likeness (QED) is 0.234. The number of fused-ring (bicyclic) bond motifs is 5. The number of nitrogens with one attached hydrogen (secondary N) is 2. The zero-order chi connectivity index (χ0) is 31.1. The molecule has 2 N–H and O–H groups in total.